The van der Waals surface area contributed by atoms with Crippen molar-refractivity contribution in [1.29, 1.82) is 5.26 Å². The number of alkyl halides is 3. The topological polar surface area (TPSA) is 61.8 Å². The molecule has 0 radical (unpaired) electrons. The van der Waals surface area contributed by atoms with E-state index >= 15 is 0 Å². The molecule has 2 aliphatic rings. The molecular weight excluding hydrogens is 422 g/mol. The van der Waals surface area contributed by atoms with Crippen LogP contribution in [0.25, 0.3) is 16.6 Å². The van der Waals surface area contributed by atoms with Crippen molar-refractivity contribution < 1.29 is 22.7 Å². The second kappa shape index (κ2) is 7.04. The van der Waals surface area contributed by atoms with E-state index in [2.05, 4.69) is 11.2 Å². The lowest BCUT2D eigenvalue weighted by Gasteiger charge is -2.46. The summed E-state index contributed by atoms with van der Waals surface area (Å²) in [6.07, 6.45) is -2.36. The third-order valence-corrected chi connectivity index (χ3v) is 7.28. The van der Waals surface area contributed by atoms with E-state index < -0.39 is 36.0 Å². The van der Waals surface area contributed by atoms with E-state index in [9.17, 15) is 27.9 Å². The van der Waals surface area contributed by atoms with Gasteiger partial charge < -0.3 is 5.11 Å². The summed E-state index contributed by atoms with van der Waals surface area (Å²) < 4.78 is 55.6. The summed E-state index contributed by atoms with van der Waals surface area (Å²) >= 11 is 0. The number of hydrogen-bond acceptors (Lipinski definition) is 3. The second-order valence-corrected chi connectivity index (χ2v) is 9.01. The minimum atomic E-state index is -4.72. The second-order valence-electron chi connectivity index (χ2n) is 9.01. The monoisotopic (exact) mass is 443 g/mol. The van der Waals surface area contributed by atoms with Crippen molar-refractivity contribution >= 4 is 10.9 Å². The number of nitriles is 1. The van der Waals surface area contributed by atoms with E-state index in [1.807, 2.05) is 12.1 Å². The maximum absolute atomic E-state index is 13.5. The molecule has 3 unspecified atom stereocenters. The molecule has 1 N–H and O–H groups in total. The molecule has 1 heterocycles. The highest BCUT2D eigenvalue weighted by Gasteiger charge is 2.61. The number of aromatic nitrogens is 2. The average molecular weight is 443 g/mol. The van der Waals surface area contributed by atoms with Gasteiger partial charge in [-0.2, -0.15) is 23.5 Å². The Balaban J connectivity index is 1.62. The van der Waals surface area contributed by atoms with Crippen molar-refractivity contribution in [3.63, 3.8) is 0 Å². The molecule has 166 valence electrons. The Hall–Kier alpha value is -2.92. The van der Waals surface area contributed by atoms with Gasteiger partial charge in [0.05, 0.1) is 28.9 Å². The summed E-state index contributed by atoms with van der Waals surface area (Å²) in [7, 11) is 0. The van der Waals surface area contributed by atoms with Crippen LogP contribution in [0.2, 0.25) is 0 Å². The normalized spacial score (nSPS) is 27.9. The van der Waals surface area contributed by atoms with Crippen LogP contribution in [0.4, 0.5) is 17.6 Å². The Morgan fingerprint density at radius 1 is 1.16 bits per heavy atom. The third-order valence-electron chi connectivity index (χ3n) is 7.28. The highest BCUT2D eigenvalue weighted by Crippen LogP contribution is 2.55. The predicted octanol–water partition coefficient (Wildman–Crippen LogP) is 5.36. The van der Waals surface area contributed by atoms with Crippen molar-refractivity contribution in [3.05, 3.63) is 59.5 Å². The largest absolute Gasteiger partial charge is 0.417 e. The van der Waals surface area contributed by atoms with Crippen LogP contribution in [-0.4, -0.2) is 26.7 Å². The van der Waals surface area contributed by atoms with Crippen molar-refractivity contribution in [2.45, 2.75) is 55.7 Å². The Morgan fingerprint density at radius 2 is 1.91 bits per heavy atom. The molecule has 4 nitrogen and oxygen atoms in total. The van der Waals surface area contributed by atoms with Gasteiger partial charge in [-0.05, 0) is 92.0 Å². The van der Waals surface area contributed by atoms with Crippen LogP contribution in [0.15, 0.2) is 42.6 Å². The fourth-order valence-electron chi connectivity index (χ4n) is 5.53. The van der Waals surface area contributed by atoms with Crippen molar-refractivity contribution in [2.75, 3.05) is 0 Å². The molecule has 5 rings (SSSR count). The first-order valence-corrected chi connectivity index (χ1v) is 10.6. The molecule has 8 heteroatoms. The standard InChI is InChI=1S/C24H21F4N3O/c25-18-4-6-19(7-5-18)31-21-11-15-2-1-3-17-12-23(32,24(26,27)28)9-8-22(17,14-29)20(15)10-16(21)13-30-31/h4-7,10-11,13,17,32H,1-3,8-9,12H2. The Bertz CT molecular complexity index is 1230. The Kier molecular flexibility index (Phi) is 4.61. The molecule has 1 aromatic heterocycles. The van der Waals surface area contributed by atoms with Crippen LogP contribution in [0.3, 0.4) is 0 Å². The van der Waals surface area contributed by atoms with Crippen molar-refractivity contribution in [1.82, 2.24) is 9.78 Å². The smallest absolute Gasteiger partial charge is 0.380 e. The van der Waals surface area contributed by atoms with Crippen LogP contribution in [0.5, 0.6) is 0 Å². The molecule has 3 atom stereocenters. The van der Waals surface area contributed by atoms with E-state index in [1.165, 1.54) is 12.1 Å². The average Bonchev–Trinajstić information content (AvgIpc) is 3.09. The highest BCUT2D eigenvalue weighted by atomic mass is 19.4. The number of aryl methyl sites for hydroxylation is 1. The zero-order chi connectivity index (χ0) is 22.7. The van der Waals surface area contributed by atoms with Crippen LogP contribution in [0, 0.1) is 23.1 Å². The molecule has 1 saturated carbocycles. The van der Waals surface area contributed by atoms with Crippen LogP contribution >= 0.6 is 0 Å². The minimum Gasteiger partial charge on any atom is -0.380 e. The van der Waals surface area contributed by atoms with Crippen LogP contribution in [0.1, 0.15) is 43.2 Å². The lowest BCUT2D eigenvalue weighted by Crippen LogP contribution is -2.54. The molecule has 0 saturated heterocycles. The number of benzene rings is 2. The van der Waals surface area contributed by atoms with Gasteiger partial charge in [0, 0.05) is 5.39 Å². The van der Waals surface area contributed by atoms with Crippen molar-refractivity contribution in [3.8, 4) is 11.8 Å². The van der Waals surface area contributed by atoms with Gasteiger partial charge in [0.25, 0.3) is 0 Å². The van der Waals surface area contributed by atoms with E-state index in [4.69, 9.17) is 0 Å². The van der Waals surface area contributed by atoms with E-state index in [0.29, 0.717) is 24.9 Å². The van der Waals surface area contributed by atoms with Crippen molar-refractivity contribution in [2.24, 2.45) is 5.92 Å². The fraction of sp³-hybridized carbons (Fsp3) is 0.417. The number of hydrogen-bond donors (Lipinski definition) is 1. The minimum absolute atomic E-state index is 0.0468. The molecule has 0 bridgehead atoms. The zero-order valence-electron chi connectivity index (χ0n) is 17.2. The maximum atomic E-state index is 13.5. The first-order chi connectivity index (χ1) is 15.2. The molecule has 1 fully saturated rings. The van der Waals surface area contributed by atoms with Crippen LogP contribution < -0.4 is 0 Å². The zero-order valence-corrected chi connectivity index (χ0v) is 17.2. The number of nitrogens with zero attached hydrogens (tertiary/aromatic N) is 3. The Labute approximate surface area is 182 Å². The number of rotatable bonds is 1. The van der Waals surface area contributed by atoms with Crippen LogP contribution in [-0.2, 0) is 11.8 Å². The van der Waals surface area contributed by atoms with Gasteiger partial charge in [0.2, 0.25) is 0 Å². The molecule has 2 aromatic carbocycles. The lowest BCUT2D eigenvalue weighted by atomic mass is 9.58. The summed E-state index contributed by atoms with van der Waals surface area (Å²) in [5, 5.41) is 25.8. The molecule has 2 aliphatic carbocycles. The van der Waals surface area contributed by atoms with Gasteiger partial charge in [0.15, 0.2) is 5.60 Å². The van der Waals surface area contributed by atoms with E-state index in [1.54, 1.807) is 23.0 Å². The molecule has 0 aliphatic heterocycles. The molecule has 0 amide bonds. The highest BCUT2D eigenvalue weighted by molar-refractivity contribution is 5.83. The number of aliphatic hydroxyl groups is 1. The summed E-state index contributed by atoms with van der Waals surface area (Å²) in [4.78, 5) is 0. The van der Waals surface area contributed by atoms with Gasteiger partial charge in [-0.15, -0.1) is 0 Å². The summed E-state index contributed by atoms with van der Waals surface area (Å²) in [5.74, 6) is -0.934. The molecule has 3 aromatic rings. The SMILES string of the molecule is N#CC12CCC(O)(C(F)(F)F)CC1CCCc1cc3c(cnn3-c3ccc(F)cc3)cc12. The Morgan fingerprint density at radius 3 is 2.59 bits per heavy atom. The fourth-order valence-corrected chi connectivity index (χ4v) is 5.53. The maximum Gasteiger partial charge on any atom is 0.417 e. The van der Waals surface area contributed by atoms with Gasteiger partial charge >= 0.3 is 6.18 Å². The summed E-state index contributed by atoms with van der Waals surface area (Å²) in [6, 6.07) is 12.1. The van der Waals surface area contributed by atoms with Gasteiger partial charge in [-0.3, -0.25) is 0 Å². The number of halogens is 4. The predicted molar refractivity (Wildman–Crippen MR) is 110 cm³/mol. The van der Waals surface area contributed by atoms with E-state index in [-0.39, 0.29) is 12.2 Å². The van der Waals surface area contributed by atoms with Gasteiger partial charge in [-0.25, -0.2) is 9.07 Å². The lowest BCUT2D eigenvalue weighted by molar-refractivity contribution is -0.277. The first-order valence-electron chi connectivity index (χ1n) is 10.6. The van der Waals surface area contributed by atoms with E-state index in [0.717, 1.165) is 22.0 Å². The quantitative estimate of drug-likeness (QED) is 0.516. The summed E-state index contributed by atoms with van der Waals surface area (Å²) in [6.45, 7) is 0. The molecule has 0 spiro atoms. The summed E-state index contributed by atoms with van der Waals surface area (Å²) in [5.41, 5.74) is -0.670. The van der Waals surface area contributed by atoms with Gasteiger partial charge in [0.1, 0.15) is 5.82 Å². The van der Waals surface area contributed by atoms with Gasteiger partial charge in [-0.1, -0.05) is 0 Å². The first kappa shape index (κ1) is 21.0. The molecule has 32 heavy (non-hydrogen) atoms. The molecular formula is C24H21F4N3O. The number of fused-ring (bicyclic) bond motifs is 4. The third kappa shape index (κ3) is 3.02.